The second kappa shape index (κ2) is 36.6. The van der Waals surface area contributed by atoms with Gasteiger partial charge in [-0.2, -0.15) is 0 Å². The van der Waals surface area contributed by atoms with Gasteiger partial charge in [0, 0.05) is 25.7 Å². The molecular formula is C46H74N6O4. The standard InChI is InChI=1S/C23H37N3O2.C18H29N3.C5H8O2/c1-5-15-25(16-6-2)17-8-9-18-26(19-14-23(27)28-7-3)20-21-10-12-22(24-4)13-11-21;1-4-13-21(14-5-2)15-7-6-12-20-16-17-8-10-18(19-3)11-9-17;1-3-5(6)7-4-2/h10-13H,5-9,14-20H2,1-3H3;8-11,20H,4-7,12-16H2,1-2H3;3H,1,4H2,2H3. The molecule has 10 heteroatoms. The van der Waals surface area contributed by atoms with Gasteiger partial charge >= 0.3 is 11.9 Å². The van der Waals surface area contributed by atoms with Gasteiger partial charge in [-0.3, -0.25) is 9.69 Å². The summed E-state index contributed by atoms with van der Waals surface area (Å²) in [7, 11) is 0. The Labute approximate surface area is 341 Å². The van der Waals surface area contributed by atoms with Gasteiger partial charge in [-0.25, -0.2) is 14.5 Å². The highest BCUT2D eigenvalue weighted by Crippen LogP contribution is 2.15. The predicted molar refractivity (Wildman–Crippen MR) is 233 cm³/mol. The highest BCUT2D eigenvalue weighted by Gasteiger charge is 2.11. The number of nitrogens with one attached hydrogen (secondary N) is 1. The molecule has 0 spiro atoms. The molecule has 0 saturated heterocycles. The number of ether oxygens (including phenoxy) is 2. The molecule has 0 aliphatic carbocycles. The van der Waals surface area contributed by atoms with Crippen LogP contribution in [0.25, 0.3) is 9.69 Å². The molecule has 312 valence electrons. The first-order valence-electron chi connectivity index (χ1n) is 21.0. The Morgan fingerprint density at radius 3 is 1.48 bits per heavy atom. The van der Waals surface area contributed by atoms with Gasteiger partial charge in [0.25, 0.3) is 0 Å². The van der Waals surface area contributed by atoms with Gasteiger partial charge < -0.3 is 24.6 Å². The first-order valence-corrected chi connectivity index (χ1v) is 21.0. The molecule has 0 aromatic heterocycles. The molecule has 0 unspecified atom stereocenters. The zero-order valence-electron chi connectivity index (χ0n) is 35.8. The molecule has 0 radical (unpaired) electrons. The Hall–Kier alpha value is -4.06. The van der Waals surface area contributed by atoms with Crippen LogP contribution in [0, 0.1) is 13.1 Å². The molecule has 0 aliphatic heterocycles. The van der Waals surface area contributed by atoms with E-state index in [0.717, 1.165) is 45.2 Å². The molecular weight excluding hydrogens is 701 g/mol. The van der Waals surface area contributed by atoms with E-state index >= 15 is 0 Å². The summed E-state index contributed by atoms with van der Waals surface area (Å²) in [5.74, 6) is -0.490. The summed E-state index contributed by atoms with van der Waals surface area (Å²) in [6.07, 6.45) is 11.2. The topological polar surface area (TPSA) is 83.1 Å². The number of hydrogen-bond donors (Lipinski definition) is 1. The van der Waals surface area contributed by atoms with E-state index in [4.69, 9.17) is 17.9 Å². The summed E-state index contributed by atoms with van der Waals surface area (Å²) < 4.78 is 9.51. The minimum atomic E-state index is -0.359. The van der Waals surface area contributed by atoms with Gasteiger partial charge in [-0.1, -0.05) is 82.8 Å². The van der Waals surface area contributed by atoms with Crippen LogP contribution in [0.2, 0.25) is 0 Å². The highest BCUT2D eigenvalue weighted by molar-refractivity contribution is 5.81. The predicted octanol–water partition coefficient (Wildman–Crippen LogP) is 9.86. The third kappa shape index (κ3) is 28.4. The molecule has 2 aromatic carbocycles. The van der Waals surface area contributed by atoms with Crippen LogP contribution in [0.4, 0.5) is 11.4 Å². The molecule has 2 rings (SSSR count). The molecule has 0 bridgehead atoms. The maximum atomic E-state index is 11.8. The Balaban J connectivity index is 0.000000947. The van der Waals surface area contributed by atoms with Gasteiger partial charge in [0.15, 0.2) is 11.4 Å². The van der Waals surface area contributed by atoms with Crippen LogP contribution in [-0.2, 0) is 32.2 Å². The second-order valence-corrected chi connectivity index (χ2v) is 13.6. The van der Waals surface area contributed by atoms with Crippen molar-refractivity contribution in [2.75, 3.05) is 72.1 Å². The van der Waals surface area contributed by atoms with Gasteiger partial charge in [0.05, 0.1) is 32.8 Å². The number of nitrogens with zero attached hydrogens (tertiary/aromatic N) is 5. The summed E-state index contributed by atoms with van der Waals surface area (Å²) in [6.45, 7) is 42.2. The van der Waals surface area contributed by atoms with Crippen molar-refractivity contribution in [2.45, 2.75) is 112 Å². The van der Waals surface area contributed by atoms with E-state index in [-0.39, 0.29) is 11.9 Å². The summed E-state index contributed by atoms with van der Waals surface area (Å²) >= 11 is 0. The van der Waals surface area contributed by atoms with E-state index < -0.39 is 0 Å². The lowest BCUT2D eigenvalue weighted by Crippen LogP contribution is -2.30. The lowest BCUT2D eigenvalue weighted by Gasteiger charge is -2.24. The summed E-state index contributed by atoms with van der Waals surface area (Å²) in [5, 5.41) is 3.48. The van der Waals surface area contributed by atoms with E-state index in [2.05, 4.69) is 68.7 Å². The van der Waals surface area contributed by atoms with Crippen LogP contribution in [-0.4, -0.2) is 98.8 Å². The summed E-state index contributed by atoms with van der Waals surface area (Å²) in [4.78, 5) is 36.1. The van der Waals surface area contributed by atoms with Crippen LogP contribution in [0.15, 0.2) is 61.2 Å². The van der Waals surface area contributed by atoms with Crippen LogP contribution in [0.1, 0.15) is 110 Å². The van der Waals surface area contributed by atoms with E-state index in [9.17, 15) is 9.59 Å². The van der Waals surface area contributed by atoms with Crippen molar-refractivity contribution in [3.05, 3.63) is 95.1 Å². The average Bonchev–Trinajstić information content (AvgIpc) is 3.21. The molecule has 1 N–H and O–H groups in total. The first-order chi connectivity index (χ1) is 27.2. The third-order valence-corrected chi connectivity index (χ3v) is 8.69. The third-order valence-electron chi connectivity index (χ3n) is 8.69. The van der Waals surface area contributed by atoms with Gasteiger partial charge in [0.2, 0.25) is 0 Å². The fourth-order valence-corrected chi connectivity index (χ4v) is 6.00. The quantitative estimate of drug-likeness (QED) is 0.0396. The summed E-state index contributed by atoms with van der Waals surface area (Å²) in [5.41, 5.74) is 3.80. The number of unbranched alkanes of at least 4 members (excludes halogenated alkanes) is 2. The zero-order valence-corrected chi connectivity index (χ0v) is 35.8. The van der Waals surface area contributed by atoms with Crippen molar-refractivity contribution >= 4 is 23.3 Å². The Kier molecular flexibility index (Phi) is 33.9. The van der Waals surface area contributed by atoms with Crippen molar-refractivity contribution in [1.82, 2.24) is 20.0 Å². The molecule has 0 heterocycles. The number of carbonyl (C=O) groups is 2. The normalized spacial score (nSPS) is 10.5. The maximum Gasteiger partial charge on any atom is 0.330 e. The number of hydrogen-bond acceptors (Lipinski definition) is 8. The number of carbonyl (C=O) groups excluding carboxylic acids is 2. The Morgan fingerprint density at radius 1 is 0.625 bits per heavy atom. The van der Waals surface area contributed by atoms with Gasteiger partial charge in [-0.15, -0.1) is 0 Å². The van der Waals surface area contributed by atoms with Crippen LogP contribution in [0.5, 0.6) is 0 Å². The van der Waals surface area contributed by atoms with Crippen LogP contribution in [0.3, 0.4) is 0 Å². The maximum absolute atomic E-state index is 11.8. The average molecular weight is 775 g/mol. The number of esters is 2. The molecule has 0 amide bonds. The molecule has 0 saturated carbocycles. The second-order valence-electron chi connectivity index (χ2n) is 13.6. The van der Waals surface area contributed by atoms with Crippen molar-refractivity contribution in [2.24, 2.45) is 0 Å². The minimum absolute atomic E-state index is 0.132. The smallest absolute Gasteiger partial charge is 0.330 e. The van der Waals surface area contributed by atoms with Crippen molar-refractivity contribution in [3.63, 3.8) is 0 Å². The lowest BCUT2D eigenvalue weighted by atomic mass is 10.1. The number of benzene rings is 2. The van der Waals surface area contributed by atoms with E-state index in [1.54, 1.807) is 6.92 Å². The van der Waals surface area contributed by atoms with Crippen LogP contribution >= 0.6 is 0 Å². The molecule has 0 atom stereocenters. The molecule has 10 nitrogen and oxygen atoms in total. The monoisotopic (exact) mass is 775 g/mol. The van der Waals surface area contributed by atoms with Gasteiger partial charge in [-0.05, 0) is 129 Å². The Morgan fingerprint density at radius 2 is 1.07 bits per heavy atom. The molecule has 0 aliphatic rings. The molecule has 0 fully saturated rings. The zero-order chi connectivity index (χ0) is 41.7. The molecule has 56 heavy (non-hydrogen) atoms. The lowest BCUT2D eigenvalue weighted by molar-refractivity contribution is -0.143. The van der Waals surface area contributed by atoms with E-state index in [1.165, 1.54) is 88.8 Å². The SMILES string of the molecule is C=CC(=O)OCC.[C-]#[N+]c1ccc(CN(CCCCN(CCC)CCC)CCC(=O)OCC)cc1.[C-]#[N+]c1ccc(CNCCCCN(CCC)CCC)cc1. The van der Waals surface area contributed by atoms with Gasteiger partial charge in [0.1, 0.15) is 0 Å². The Bertz CT molecular complexity index is 1340. The fourth-order valence-electron chi connectivity index (χ4n) is 6.00. The van der Waals surface area contributed by atoms with E-state index in [1.807, 2.05) is 55.5 Å². The molecule has 2 aromatic rings. The van der Waals surface area contributed by atoms with Crippen molar-refractivity contribution in [1.29, 1.82) is 0 Å². The first kappa shape index (κ1) is 51.9. The highest BCUT2D eigenvalue weighted by atomic mass is 16.5. The number of rotatable bonds is 28. The van der Waals surface area contributed by atoms with Crippen molar-refractivity contribution < 1.29 is 19.1 Å². The van der Waals surface area contributed by atoms with E-state index in [0.29, 0.717) is 37.6 Å². The minimum Gasteiger partial charge on any atom is -0.466 e. The fraction of sp³-hybridized carbons (Fsp3) is 0.609. The largest absolute Gasteiger partial charge is 0.466 e. The van der Waals surface area contributed by atoms with Crippen molar-refractivity contribution in [3.8, 4) is 0 Å². The summed E-state index contributed by atoms with van der Waals surface area (Å²) in [6, 6.07) is 15.6. The van der Waals surface area contributed by atoms with Crippen LogP contribution < -0.4 is 5.32 Å².